The van der Waals surface area contributed by atoms with Gasteiger partial charge in [-0.2, -0.15) is 0 Å². The largest absolute Gasteiger partial charge is 0.496 e. The predicted molar refractivity (Wildman–Crippen MR) is 147 cm³/mol. The van der Waals surface area contributed by atoms with Crippen LogP contribution in [0.2, 0.25) is 0 Å². The van der Waals surface area contributed by atoms with E-state index in [0.717, 1.165) is 0 Å². The second kappa shape index (κ2) is 10.6. The lowest BCUT2D eigenvalue weighted by Crippen LogP contribution is -2.13. The van der Waals surface area contributed by atoms with Crippen molar-refractivity contribution >= 4 is 34.7 Å². The number of nitrogens with one attached hydrogen (secondary N) is 2. The number of rotatable bonds is 8. The summed E-state index contributed by atoms with van der Waals surface area (Å²) in [6.07, 6.45) is 5.30. The summed E-state index contributed by atoms with van der Waals surface area (Å²) in [4.78, 5) is 33.5. The summed E-state index contributed by atoms with van der Waals surface area (Å²) < 4.78 is 7.21. The summed E-state index contributed by atoms with van der Waals surface area (Å²) in [5.74, 6) is -0.313. The minimum absolute atomic E-state index is 0.140. The molecule has 10 nitrogen and oxygen atoms in total. The molecule has 0 bridgehead atoms. The number of aliphatic hydroxyl groups is 1. The molecule has 0 aliphatic rings. The first-order valence-corrected chi connectivity index (χ1v) is 12.0. The summed E-state index contributed by atoms with van der Waals surface area (Å²) in [5, 5.41) is 24.8. The van der Waals surface area contributed by atoms with Crippen molar-refractivity contribution in [2.75, 3.05) is 17.7 Å². The first kappa shape index (κ1) is 25.4. The van der Waals surface area contributed by atoms with Crippen LogP contribution in [-0.2, 0) is 6.61 Å². The average molecular weight is 524 g/mol. The molecule has 0 spiro atoms. The molecule has 0 saturated carbocycles. The topological polar surface area (TPSA) is 138 Å². The molecule has 5 rings (SSSR count). The Hall–Kier alpha value is -5.22. The maximum absolute atomic E-state index is 13.1. The van der Waals surface area contributed by atoms with Crippen LogP contribution < -0.4 is 15.4 Å². The molecule has 0 aliphatic carbocycles. The Bertz CT molecular complexity index is 1710. The highest BCUT2D eigenvalue weighted by molar-refractivity contribution is 6.05. The molecule has 4 N–H and O–H groups in total. The van der Waals surface area contributed by atoms with E-state index in [1.165, 1.54) is 12.1 Å². The van der Waals surface area contributed by atoms with E-state index < -0.39 is 5.97 Å². The highest BCUT2D eigenvalue weighted by Crippen LogP contribution is 2.29. The molecule has 1 amide bonds. The molecule has 10 heteroatoms. The number of amides is 1. The zero-order valence-electron chi connectivity index (χ0n) is 21.2. The van der Waals surface area contributed by atoms with E-state index in [1.807, 2.05) is 22.7 Å². The van der Waals surface area contributed by atoms with E-state index >= 15 is 0 Å². The molecule has 3 aromatic carbocycles. The Morgan fingerprint density at radius 3 is 2.64 bits per heavy atom. The van der Waals surface area contributed by atoms with Gasteiger partial charge in [-0.25, -0.2) is 14.8 Å². The molecule has 0 unspecified atom stereocenters. The fraction of sp³-hybridized carbons (Fsp3) is 0.103. The van der Waals surface area contributed by atoms with Crippen molar-refractivity contribution in [2.24, 2.45) is 0 Å². The van der Waals surface area contributed by atoms with Gasteiger partial charge in [0, 0.05) is 52.7 Å². The zero-order chi connectivity index (χ0) is 27.5. The van der Waals surface area contributed by atoms with Gasteiger partial charge in [0.1, 0.15) is 5.75 Å². The van der Waals surface area contributed by atoms with Gasteiger partial charge < -0.3 is 30.0 Å². The van der Waals surface area contributed by atoms with Crippen molar-refractivity contribution in [1.29, 1.82) is 0 Å². The molecule has 196 valence electrons. The number of imidazole rings is 1. The number of ether oxygens (including phenoxy) is 1. The predicted octanol–water partition coefficient (Wildman–Crippen LogP) is 4.90. The Morgan fingerprint density at radius 2 is 1.90 bits per heavy atom. The standard InChI is InChI=1S/C29H25N5O5/c1-17-12-20(29(37)38)7-9-23(17)33-28(36)19-5-3-4-18(13-19)24-15-34-11-10-30-27(34)26(32-24)31-22-8-6-21(16-35)25(14-22)39-2/h3-15,35H,16H2,1-2H3,(H,31,32)(H,33,36)(H,37,38). The fourth-order valence-corrected chi connectivity index (χ4v) is 4.20. The van der Waals surface area contributed by atoms with E-state index in [-0.39, 0.29) is 18.1 Å². The number of hydrogen-bond donors (Lipinski definition) is 4. The summed E-state index contributed by atoms with van der Waals surface area (Å²) in [6, 6.07) is 17.0. The number of carboxylic acid groups (broad SMARTS) is 1. The number of aromatic nitrogens is 3. The lowest BCUT2D eigenvalue weighted by molar-refractivity contribution is 0.0696. The Morgan fingerprint density at radius 1 is 1.05 bits per heavy atom. The second-order valence-corrected chi connectivity index (χ2v) is 8.81. The SMILES string of the molecule is COc1cc(Nc2nc(-c3cccc(C(=O)Nc4ccc(C(=O)O)cc4C)c3)cn3ccnc23)ccc1CO. The zero-order valence-corrected chi connectivity index (χ0v) is 21.2. The molecular weight excluding hydrogens is 498 g/mol. The Balaban J connectivity index is 1.45. The van der Waals surface area contributed by atoms with Crippen LogP contribution in [0.25, 0.3) is 16.9 Å². The Labute approximate surface area is 223 Å². The molecule has 0 radical (unpaired) electrons. The molecular formula is C29H25N5O5. The van der Waals surface area contributed by atoms with Gasteiger partial charge in [-0.15, -0.1) is 0 Å². The van der Waals surface area contributed by atoms with Crippen LogP contribution in [0, 0.1) is 6.92 Å². The quantitative estimate of drug-likeness (QED) is 0.225. The number of carbonyl (C=O) groups excluding carboxylic acids is 1. The van der Waals surface area contributed by atoms with Crippen molar-refractivity contribution in [3.63, 3.8) is 0 Å². The number of nitrogens with zero attached hydrogens (tertiary/aromatic N) is 3. The molecule has 5 aromatic rings. The van der Waals surface area contributed by atoms with Crippen molar-refractivity contribution in [3.8, 4) is 17.0 Å². The first-order chi connectivity index (χ1) is 18.9. The minimum Gasteiger partial charge on any atom is -0.496 e. The first-order valence-electron chi connectivity index (χ1n) is 12.0. The van der Waals surface area contributed by atoms with Gasteiger partial charge in [0.05, 0.1) is 25.0 Å². The van der Waals surface area contributed by atoms with E-state index in [9.17, 15) is 19.8 Å². The number of benzene rings is 3. The Kier molecular flexibility index (Phi) is 6.94. The number of anilines is 3. The van der Waals surface area contributed by atoms with E-state index in [2.05, 4.69) is 15.6 Å². The van der Waals surface area contributed by atoms with Crippen LogP contribution in [-0.4, -0.2) is 43.6 Å². The van der Waals surface area contributed by atoms with E-state index in [1.54, 1.807) is 62.8 Å². The number of aromatic carboxylic acids is 1. The van der Waals surface area contributed by atoms with Crippen LogP contribution in [0.4, 0.5) is 17.2 Å². The van der Waals surface area contributed by atoms with Crippen LogP contribution in [0.3, 0.4) is 0 Å². The number of methoxy groups -OCH3 is 1. The number of fused-ring (bicyclic) bond motifs is 1. The summed E-state index contributed by atoms with van der Waals surface area (Å²) >= 11 is 0. The van der Waals surface area contributed by atoms with Crippen molar-refractivity contribution < 1.29 is 24.5 Å². The van der Waals surface area contributed by atoms with Crippen molar-refractivity contribution in [2.45, 2.75) is 13.5 Å². The number of aliphatic hydroxyl groups excluding tert-OH is 1. The third-order valence-electron chi connectivity index (χ3n) is 6.24. The number of hydrogen-bond acceptors (Lipinski definition) is 7. The van der Waals surface area contributed by atoms with Gasteiger partial charge in [0.2, 0.25) is 0 Å². The van der Waals surface area contributed by atoms with Crippen LogP contribution in [0.1, 0.15) is 31.8 Å². The number of carbonyl (C=O) groups is 2. The number of carboxylic acids is 1. The smallest absolute Gasteiger partial charge is 0.335 e. The third-order valence-corrected chi connectivity index (χ3v) is 6.24. The highest BCUT2D eigenvalue weighted by atomic mass is 16.5. The van der Waals surface area contributed by atoms with Gasteiger partial charge in [0.25, 0.3) is 5.91 Å². The molecule has 2 heterocycles. The lowest BCUT2D eigenvalue weighted by atomic mass is 10.1. The minimum atomic E-state index is -1.03. The second-order valence-electron chi connectivity index (χ2n) is 8.81. The lowest BCUT2D eigenvalue weighted by Gasteiger charge is -2.13. The van der Waals surface area contributed by atoms with Crippen molar-refractivity contribution in [1.82, 2.24) is 14.4 Å². The molecule has 0 atom stereocenters. The van der Waals surface area contributed by atoms with Crippen LogP contribution in [0.15, 0.2) is 79.3 Å². The third kappa shape index (κ3) is 5.27. The highest BCUT2D eigenvalue weighted by Gasteiger charge is 2.14. The fourth-order valence-electron chi connectivity index (χ4n) is 4.20. The van der Waals surface area contributed by atoms with E-state index in [0.29, 0.717) is 56.5 Å². The van der Waals surface area contributed by atoms with Gasteiger partial charge in [-0.05, 0) is 48.9 Å². The summed E-state index contributed by atoms with van der Waals surface area (Å²) in [6.45, 7) is 1.60. The van der Waals surface area contributed by atoms with Gasteiger partial charge >= 0.3 is 5.97 Å². The maximum atomic E-state index is 13.1. The molecule has 0 saturated heterocycles. The van der Waals surface area contributed by atoms with E-state index in [4.69, 9.17) is 9.72 Å². The summed E-state index contributed by atoms with van der Waals surface area (Å²) in [7, 11) is 1.54. The van der Waals surface area contributed by atoms with Crippen LogP contribution in [0.5, 0.6) is 5.75 Å². The average Bonchev–Trinajstić information content (AvgIpc) is 3.43. The van der Waals surface area contributed by atoms with Crippen LogP contribution >= 0.6 is 0 Å². The van der Waals surface area contributed by atoms with Crippen molar-refractivity contribution in [3.05, 3.63) is 102 Å². The maximum Gasteiger partial charge on any atom is 0.335 e. The monoisotopic (exact) mass is 523 g/mol. The normalized spacial score (nSPS) is 10.8. The van der Waals surface area contributed by atoms with Gasteiger partial charge in [-0.3, -0.25) is 4.79 Å². The summed E-state index contributed by atoms with van der Waals surface area (Å²) in [5.41, 5.74) is 5.05. The molecule has 0 aliphatic heterocycles. The number of aryl methyl sites for hydroxylation is 1. The molecule has 2 aromatic heterocycles. The molecule has 39 heavy (non-hydrogen) atoms. The van der Waals surface area contributed by atoms with Gasteiger partial charge in [-0.1, -0.05) is 18.2 Å². The van der Waals surface area contributed by atoms with Gasteiger partial charge in [0.15, 0.2) is 11.5 Å². The molecule has 0 fully saturated rings.